The lowest BCUT2D eigenvalue weighted by molar-refractivity contribution is -0.130. The fraction of sp³-hybridized carbons (Fsp3) is 0.867. The van der Waals surface area contributed by atoms with E-state index in [1.165, 1.54) is 0 Å². The van der Waals surface area contributed by atoms with E-state index >= 15 is 0 Å². The molecular weight excluding hydrogens is 272 g/mol. The molecule has 0 radical (unpaired) electrons. The van der Waals surface area contributed by atoms with E-state index in [4.69, 9.17) is 9.47 Å². The molecule has 0 spiro atoms. The first-order valence-electron chi connectivity index (χ1n) is 7.29. The summed E-state index contributed by atoms with van der Waals surface area (Å²) in [4.78, 5) is 23.0. The molecule has 0 saturated heterocycles. The number of amides is 2. The topological polar surface area (TPSA) is 76.7 Å². The van der Waals surface area contributed by atoms with Gasteiger partial charge in [-0.25, -0.2) is 0 Å². The highest BCUT2D eigenvalue weighted by Crippen LogP contribution is 2.11. The van der Waals surface area contributed by atoms with Gasteiger partial charge in [-0.15, -0.1) is 0 Å². The molecule has 124 valence electrons. The van der Waals surface area contributed by atoms with Crippen LogP contribution in [0.3, 0.4) is 0 Å². The molecule has 21 heavy (non-hydrogen) atoms. The molecule has 0 aliphatic carbocycles. The molecule has 2 N–H and O–H groups in total. The monoisotopic (exact) mass is 302 g/mol. The van der Waals surface area contributed by atoms with Crippen LogP contribution < -0.4 is 10.6 Å². The summed E-state index contributed by atoms with van der Waals surface area (Å²) in [5.41, 5.74) is -0.708. The summed E-state index contributed by atoms with van der Waals surface area (Å²) in [6, 6.07) is 0. The van der Waals surface area contributed by atoms with Crippen molar-refractivity contribution < 1.29 is 19.1 Å². The predicted octanol–water partition coefficient (Wildman–Crippen LogP) is 1.10. The summed E-state index contributed by atoms with van der Waals surface area (Å²) >= 11 is 0. The zero-order valence-electron chi connectivity index (χ0n) is 14.2. The fourth-order valence-corrected chi connectivity index (χ4v) is 1.20. The molecule has 0 aliphatic rings. The lowest BCUT2D eigenvalue weighted by Gasteiger charge is -2.19. The van der Waals surface area contributed by atoms with Crippen LogP contribution in [0.1, 0.15) is 41.5 Å². The van der Waals surface area contributed by atoms with E-state index in [-0.39, 0.29) is 29.4 Å². The van der Waals surface area contributed by atoms with Gasteiger partial charge in [0.1, 0.15) is 6.61 Å². The maximum absolute atomic E-state index is 11.6. The predicted molar refractivity (Wildman–Crippen MR) is 82.0 cm³/mol. The van der Waals surface area contributed by atoms with Crippen molar-refractivity contribution in [2.45, 2.75) is 47.1 Å². The Balaban J connectivity index is 3.49. The van der Waals surface area contributed by atoms with E-state index in [1.807, 2.05) is 41.5 Å². The molecule has 6 nitrogen and oxygen atoms in total. The van der Waals surface area contributed by atoms with E-state index < -0.39 is 0 Å². The highest BCUT2D eigenvalue weighted by Gasteiger charge is 2.20. The lowest BCUT2D eigenvalue weighted by atomic mass is 9.96. The van der Waals surface area contributed by atoms with Gasteiger partial charge in [0.05, 0.1) is 18.8 Å². The van der Waals surface area contributed by atoms with Crippen molar-refractivity contribution in [3.8, 4) is 0 Å². The van der Waals surface area contributed by atoms with Crippen molar-refractivity contribution in [2.75, 3.05) is 32.9 Å². The number of carbonyl (C=O) groups is 2. The molecule has 0 saturated carbocycles. The Hall–Kier alpha value is -1.14. The third-order valence-electron chi connectivity index (χ3n) is 2.42. The maximum atomic E-state index is 11.6. The first kappa shape index (κ1) is 19.9. The molecule has 0 atom stereocenters. The number of rotatable bonds is 8. The molecule has 0 aliphatic heterocycles. The quantitative estimate of drug-likeness (QED) is 0.658. The summed E-state index contributed by atoms with van der Waals surface area (Å²) in [5, 5.41) is 5.49. The SMILES string of the molecule is CC(C)(C)OCC(=O)NCCOCCNC(=O)C(C)(C)C. The minimum Gasteiger partial charge on any atom is -0.378 e. The van der Waals surface area contributed by atoms with Crippen molar-refractivity contribution in [1.82, 2.24) is 10.6 Å². The molecule has 0 unspecified atom stereocenters. The van der Waals surface area contributed by atoms with Crippen LogP contribution in [0.2, 0.25) is 0 Å². The molecule has 0 rings (SSSR count). The van der Waals surface area contributed by atoms with Crippen LogP contribution in [0.4, 0.5) is 0 Å². The standard InChI is InChI=1S/C15H30N2O4/c1-14(2,3)13(19)17-8-10-20-9-7-16-12(18)11-21-15(4,5)6/h7-11H2,1-6H3,(H,16,18)(H,17,19). The van der Waals surface area contributed by atoms with Gasteiger partial charge < -0.3 is 20.1 Å². The minimum absolute atomic E-state index is 0.00117. The molecule has 0 heterocycles. The van der Waals surface area contributed by atoms with Crippen LogP contribution in [-0.4, -0.2) is 50.3 Å². The maximum Gasteiger partial charge on any atom is 0.246 e. The van der Waals surface area contributed by atoms with Crippen LogP contribution in [0.5, 0.6) is 0 Å². The fourth-order valence-electron chi connectivity index (χ4n) is 1.20. The molecule has 0 bridgehead atoms. The Labute approximate surface area is 127 Å². The van der Waals surface area contributed by atoms with Gasteiger partial charge in [0, 0.05) is 18.5 Å². The van der Waals surface area contributed by atoms with Gasteiger partial charge in [-0.3, -0.25) is 9.59 Å². The van der Waals surface area contributed by atoms with Gasteiger partial charge >= 0.3 is 0 Å². The van der Waals surface area contributed by atoms with Crippen LogP contribution in [-0.2, 0) is 19.1 Å². The van der Waals surface area contributed by atoms with Gasteiger partial charge in [0.2, 0.25) is 11.8 Å². The zero-order chi connectivity index (χ0) is 16.5. The normalized spacial score (nSPS) is 12.1. The van der Waals surface area contributed by atoms with E-state index in [0.717, 1.165) is 0 Å². The van der Waals surface area contributed by atoms with Crippen LogP contribution in [0.15, 0.2) is 0 Å². The molecule has 0 aromatic rings. The number of nitrogens with one attached hydrogen (secondary N) is 2. The lowest BCUT2D eigenvalue weighted by Crippen LogP contribution is -2.37. The third-order valence-corrected chi connectivity index (χ3v) is 2.42. The Morgan fingerprint density at radius 2 is 1.43 bits per heavy atom. The average Bonchev–Trinajstić information content (AvgIpc) is 2.32. The number of hydrogen-bond acceptors (Lipinski definition) is 4. The van der Waals surface area contributed by atoms with Crippen molar-refractivity contribution in [3.63, 3.8) is 0 Å². The third kappa shape index (κ3) is 12.3. The average molecular weight is 302 g/mol. The smallest absolute Gasteiger partial charge is 0.246 e. The Morgan fingerprint density at radius 1 is 0.905 bits per heavy atom. The Kier molecular flexibility index (Phi) is 8.51. The van der Waals surface area contributed by atoms with Crippen LogP contribution >= 0.6 is 0 Å². The Morgan fingerprint density at radius 3 is 1.90 bits per heavy atom. The minimum atomic E-state index is -0.388. The largest absolute Gasteiger partial charge is 0.378 e. The van der Waals surface area contributed by atoms with Gasteiger partial charge in [-0.1, -0.05) is 20.8 Å². The van der Waals surface area contributed by atoms with Gasteiger partial charge in [-0.2, -0.15) is 0 Å². The molecule has 2 amide bonds. The van der Waals surface area contributed by atoms with Crippen molar-refractivity contribution in [2.24, 2.45) is 5.41 Å². The van der Waals surface area contributed by atoms with Gasteiger partial charge in [0.25, 0.3) is 0 Å². The van der Waals surface area contributed by atoms with Crippen molar-refractivity contribution in [3.05, 3.63) is 0 Å². The summed E-state index contributed by atoms with van der Waals surface area (Å²) < 4.78 is 10.7. The van der Waals surface area contributed by atoms with Crippen LogP contribution in [0, 0.1) is 5.41 Å². The highest BCUT2D eigenvalue weighted by molar-refractivity contribution is 5.81. The van der Waals surface area contributed by atoms with E-state index in [2.05, 4.69) is 10.6 Å². The second-order valence-corrected chi connectivity index (χ2v) is 6.87. The highest BCUT2D eigenvalue weighted by atomic mass is 16.5. The summed E-state index contributed by atoms with van der Waals surface area (Å²) in [5.74, 6) is -0.159. The zero-order valence-corrected chi connectivity index (χ0v) is 14.2. The van der Waals surface area contributed by atoms with Gasteiger partial charge in [-0.05, 0) is 20.8 Å². The second kappa shape index (κ2) is 9.00. The summed E-state index contributed by atoms with van der Waals surface area (Å²) in [6.45, 7) is 13.1. The molecule has 0 fully saturated rings. The van der Waals surface area contributed by atoms with E-state index in [0.29, 0.717) is 26.3 Å². The number of hydrogen-bond donors (Lipinski definition) is 2. The number of ether oxygens (including phenoxy) is 2. The molecular formula is C15H30N2O4. The first-order valence-corrected chi connectivity index (χ1v) is 7.29. The van der Waals surface area contributed by atoms with Crippen molar-refractivity contribution in [1.29, 1.82) is 0 Å². The molecule has 0 aromatic heterocycles. The summed E-state index contributed by atoms with van der Waals surface area (Å²) in [6.07, 6.45) is 0. The van der Waals surface area contributed by atoms with Gasteiger partial charge in [0.15, 0.2) is 0 Å². The van der Waals surface area contributed by atoms with Crippen molar-refractivity contribution >= 4 is 11.8 Å². The second-order valence-electron chi connectivity index (χ2n) is 6.87. The molecule has 0 aromatic carbocycles. The Bertz CT molecular complexity index is 330. The first-order chi connectivity index (χ1) is 9.52. The summed E-state index contributed by atoms with van der Waals surface area (Å²) in [7, 11) is 0. The van der Waals surface area contributed by atoms with Crippen LogP contribution in [0.25, 0.3) is 0 Å². The molecule has 6 heteroatoms. The number of carbonyl (C=O) groups excluding carboxylic acids is 2. The van der Waals surface area contributed by atoms with E-state index in [9.17, 15) is 9.59 Å². The van der Waals surface area contributed by atoms with E-state index in [1.54, 1.807) is 0 Å².